The van der Waals surface area contributed by atoms with Gasteiger partial charge >= 0.3 is 5.97 Å². The van der Waals surface area contributed by atoms with Gasteiger partial charge in [-0.25, -0.2) is 9.18 Å². The van der Waals surface area contributed by atoms with E-state index in [1.807, 2.05) is 4.90 Å². The lowest BCUT2D eigenvalue weighted by Crippen LogP contribution is -2.30. The zero-order valence-electron chi connectivity index (χ0n) is 10.1. The van der Waals surface area contributed by atoms with Crippen molar-refractivity contribution in [3.8, 4) is 0 Å². The van der Waals surface area contributed by atoms with Gasteiger partial charge in [0.25, 0.3) is 0 Å². The number of nitrogens with zero attached hydrogens (tertiary/aromatic N) is 1. The molecule has 98 valence electrons. The second kappa shape index (κ2) is 4.66. The van der Waals surface area contributed by atoms with Crippen LogP contribution >= 0.6 is 11.3 Å². The summed E-state index contributed by atoms with van der Waals surface area (Å²) in [6.45, 7) is 1.45. The molecule has 1 aromatic heterocycles. The Labute approximate surface area is 113 Å². The van der Waals surface area contributed by atoms with Gasteiger partial charge in [0.05, 0.1) is 11.3 Å². The van der Waals surface area contributed by atoms with Crippen molar-refractivity contribution in [2.24, 2.45) is 0 Å². The highest BCUT2D eigenvalue weighted by Crippen LogP contribution is 2.30. The molecule has 0 atom stereocenters. The summed E-state index contributed by atoms with van der Waals surface area (Å²) in [5.74, 6) is -1.61. The van der Waals surface area contributed by atoms with E-state index in [2.05, 4.69) is 11.4 Å². The molecule has 1 aromatic carbocycles. The van der Waals surface area contributed by atoms with Crippen LogP contribution in [-0.2, 0) is 13.0 Å². The maximum absolute atomic E-state index is 13.2. The zero-order valence-corrected chi connectivity index (χ0v) is 10.9. The third kappa shape index (κ3) is 2.21. The molecule has 2 aromatic rings. The van der Waals surface area contributed by atoms with Crippen LogP contribution in [0, 0.1) is 5.82 Å². The number of carboxylic acid groups (broad SMARTS) is 1. The Bertz CT molecular complexity index is 638. The van der Waals surface area contributed by atoms with E-state index in [9.17, 15) is 14.3 Å². The molecule has 3 nitrogen and oxygen atoms in total. The van der Waals surface area contributed by atoms with E-state index < -0.39 is 11.8 Å². The van der Waals surface area contributed by atoms with Gasteiger partial charge in [0, 0.05) is 18.0 Å². The predicted molar refractivity (Wildman–Crippen MR) is 72.4 cm³/mol. The first kappa shape index (κ1) is 12.2. The standard InChI is InChI=1S/C14H12FNO2S/c15-10-1-2-12(11(7-10)14(17)18)16-5-3-13-9(8-16)4-6-19-13/h1-2,4,6-7H,3,5,8H2,(H,17,18). The first-order valence-electron chi connectivity index (χ1n) is 5.98. The van der Waals surface area contributed by atoms with Crippen molar-refractivity contribution in [3.05, 3.63) is 51.5 Å². The molecule has 0 saturated carbocycles. The third-order valence-corrected chi connectivity index (χ3v) is 4.36. The fourth-order valence-corrected chi connectivity index (χ4v) is 3.30. The second-order valence-electron chi connectivity index (χ2n) is 4.51. The number of rotatable bonds is 2. The summed E-state index contributed by atoms with van der Waals surface area (Å²) < 4.78 is 13.2. The lowest BCUT2D eigenvalue weighted by atomic mass is 10.1. The molecule has 2 heterocycles. The number of fused-ring (bicyclic) bond motifs is 1. The quantitative estimate of drug-likeness (QED) is 0.916. The van der Waals surface area contributed by atoms with E-state index in [4.69, 9.17) is 0 Å². The minimum atomic E-state index is -1.09. The number of hydrogen-bond donors (Lipinski definition) is 1. The van der Waals surface area contributed by atoms with Gasteiger partial charge in [0.1, 0.15) is 5.82 Å². The van der Waals surface area contributed by atoms with Crippen LogP contribution in [0.1, 0.15) is 20.8 Å². The van der Waals surface area contributed by atoms with Crippen LogP contribution in [0.5, 0.6) is 0 Å². The number of aromatic carboxylic acids is 1. The lowest BCUT2D eigenvalue weighted by molar-refractivity contribution is 0.0697. The van der Waals surface area contributed by atoms with Crippen LogP contribution in [-0.4, -0.2) is 17.6 Å². The molecule has 0 saturated heterocycles. The SMILES string of the molecule is O=C(O)c1cc(F)ccc1N1CCc2sccc2C1. The molecule has 5 heteroatoms. The van der Waals surface area contributed by atoms with Crippen LogP contribution in [0.4, 0.5) is 10.1 Å². The highest BCUT2D eigenvalue weighted by atomic mass is 32.1. The number of carbonyl (C=O) groups is 1. The van der Waals surface area contributed by atoms with E-state index in [0.29, 0.717) is 12.2 Å². The molecule has 0 bridgehead atoms. The van der Waals surface area contributed by atoms with Crippen molar-refractivity contribution in [2.75, 3.05) is 11.4 Å². The fraction of sp³-hybridized carbons (Fsp3) is 0.214. The summed E-state index contributed by atoms with van der Waals surface area (Å²) in [6.07, 6.45) is 0.906. The summed E-state index contributed by atoms with van der Waals surface area (Å²) in [7, 11) is 0. The Kier molecular flexibility index (Phi) is 2.98. The van der Waals surface area contributed by atoms with Gasteiger partial charge in [0.2, 0.25) is 0 Å². The van der Waals surface area contributed by atoms with Gasteiger partial charge < -0.3 is 10.0 Å². The van der Waals surface area contributed by atoms with E-state index in [0.717, 1.165) is 19.0 Å². The van der Waals surface area contributed by atoms with Crippen LogP contribution < -0.4 is 4.90 Å². The van der Waals surface area contributed by atoms with E-state index in [1.54, 1.807) is 17.4 Å². The highest BCUT2D eigenvalue weighted by Gasteiger charge is 2.22. The third-order valence-electron chi connectivity index (χ3n) is 3.34. The topological polar surface area (TPSA) is 40.5 Å². The zero-order chi connectivity index (χ0) is 13.4. The fourth-order valence-electron chi connectivity index (χ4n) is 2.41. The number of halogens is 1. The number of carboxylic acids is 1. The molecule has 1 N–H and O–H groups in total. The summed E-state index contributed by atoms with van der Waals surface area (Å²) in [5, 5.41) is 11.2. The molecular weight excluding hydrogens is 265 g/mol. The maximum atomic E-state index is 13.2. The second-order valence-corrected chi connectivity index (χ2v) is 5.51. The number of thiophene rings is 1. The smallest absolute Gasteiger partial charge is 0.337 e. The largest absolute Gasteiger partial charge is 0.478 e. The molecule has 0 spiro atoms. The van der Waals surface area contributed by atoms with Crippen LogP contribution in [0.15, 0.2) is 29.6 Å². The normalized spacial score (nSPS) is 14.3. The summed E-state index contributed by atoms with van der Waals surface area (Å²) in [5.41, 5.74) is 1.85. The van der Waals surface area contributed by atoms with Gasteiger partial charge in [-0.15, -0.1) is 11.3 Å². The number of hydrogen-bond acceptors (Lipinski definition) is 3. The Morgan fingerprint density at radius 3 is 3.00 bits per heavy atom. The van der Waals surface area contributed by atoms with Gasteiger partial charge in [0.15, 0.2) is 0 Å². The van der Waals surface area contributed by atoms with Crippen molar-refractivity contribution < 1.29 is 14.3 Å². The van der Waals surface area contributed by atoms with Crippen molar-refractivity contribution in [1.82, 2.24) is 0 Å². The molecule has 0 unspecified atom stereocenters. The summed E-state index contributed by atoms with van der Waals surface area (Å²) >= 11 is 1.73. The van der Waals surface area contributed by atoms with Gasteiger partial charge in [-0.3, -0.25) is 0 Å². The molecule has 0 amide bonds. The molecule has 1 aliphatic rings. The van der Waals surface area contributed by atoms with E-state index in [1.165, 1.54) is 16.5 Å². The van der Waals surface area contributed by atoms with Gasteiger partial charge in [-0.05, 0) is 41.6 Å². The maximum Gasteiger partial charge on any atom is 0.337 e. The van der Waals surface area contributed by atoms with Crippen molar-refractivity contribution in [2.45, 2.75) is 13.0 Å². The molecule has 0 aliphatic carbocycles. The molecular formula is C14H12FNO2S. The minimum Gasteiger partial charge on any atom is -0.478 e. The van der Waals surface area contributed by atoms with Crippen molar-refractivity contribution in [1.29, 1.82) is 0 Å². The lowest BCUT2D eigenvalue weighted by Gasteiger charge is -2.30. The molecule has 1 aliphatic heterocycles. The molecule has 3 rings (SSSR count). The van der Waals surface area contributed by atoms with Crippen LogP contribution in [0.3, 0.4) is 0 Å². The molecule has 19 heavy (non-hydrogen) atoms. The van der Waals surface area contributed by atoms with E-state index in [-0.39, 0.29) is 5.56 Å². The van der Waals surface area contributed by atoms with Crippen molar-refractivity contribution >= 4 is 23.0 Å². The predicted octanol–water partition coefficient (Wildman–Crippen LogP) is 3.15. The van der Waals surface area contributed by atoms with Crippen LogP contribution in [0.25, 0.3) is 0 Å². The number of benzene rings is 1. The van der Waals surface area contributed by atoms with Gasteiger partial charge in [-0.2, -0.15) is 0 Å². The van der Waals surface area contributed by atoms with E-state index >= 15 is 0 Å². The first-order chi connectivity index (χ1) is 9.15. The summed E-state index contributed by atoms with van der Waals surface area (Å²) in [6, 6.07) is 6.01. The Hall–Kier alpha value is -1.88. The average Bonchev–Trinajstić information content (AvgIpc) is 2.85. The molecule has 0 radical (unpaired) electrons. The Balaban J connectivity index is 1.98. The highest BCUT2D eigenvalue weighted by molar-refractivity contribution is 7.10. The van der Waals surface area contributed by atoms with Crippen molar-refractivity contribution in [3.63, 3.8) is 0 Å². The monoisotopic (exact) mass is 277 g/mol. The minimum absolute atomic E-state index is 0.0266. The number of anilines is 1. The first-order valence-corrected chi connectivity index (χ1v) is 6.86. The Morgan fingerprint density at radius 2 is 2.21 bits per heavy atom. The van der Waals surface area contributed by atoms with Crippen LogP contribution in [0.2, 0.25) is 0 Å². The Morgan fingerprint density at radius 1 is 1.37 bits per heavy atom. The average molecular weight is 277 g/mol. The summed E-state index contributed by atoms with van der Waals surface area (Å²) in [4.78, 5) is 14.6. The molecule has 0 fully saturated rings. The van der Waals surface area contributed by atoms with Gasteiger partial charge in [-0.1, -0.05) is 0 Å².